The average Bonchev–Trinajstić information content (AvgIpc) is 2.42. The van der Waals surface area contributed by atoms with Gasteiger partial charge in [0.2, 0.25) is 5.91 Å². The molecule has 0 aliphatic carbocycles. The second kappa shape index (κ2) is 8.41. The molecule has 0 aromatic heterocycles. The first kappa shape index (κ1) is 18.8. The Balaban J connectivity index is 2.32. The number of rotatable bonds is 6. The fraction of sp³-hybridized carbons (Fsp3) is 0.529. The number of ether oxygens (including phenoxy) is 1. The summed E-state index contributed by atoms with van der Waals surface area (Å²) in [6, 6.07) is 8.03. The van der Waals surface area contributed by atoms with E-state index < -0.39 is 6.09 Å². The molecule has 0 unspecified atom stereocenters. The van der Waals surface area contributed by atoms with Gasteiger partial charge < -0.3 is 20.7 Å². The zero-order valence-corrected chi connectivity index (χ0v) is 14.5. The predicted molar refractivity (Wildman–Crippen MR) is 91.3 cm³/mol. The summed E-state index contributed by atoms with van der Waals surface area (Å²) in [4.78, 5) is 23.1. The van der Waals surface area contributed by atoms with Crippen LogP contribution in [0, 0.1) is 0 Å². The minimum atomic E-state index is -0.613. The fourth-order valence-electron chi connectivity index (χ4n) is 1.85. The van der Waals surface area contributed by atoms with Crippen LogP contribution in [0.3, 0.4) is 0 Å². The first-order valence-electron chi connectivity index (χ1n) is 7.73. The number of hydrogen-bond acceptors (Lipinski definition) is 4. The highest BCUT2D eigenvalue weighted by molar-refractivity contribution is 5.82. The van der Waals surface area contributed by atoms with E-state index in [4.69, 9.17) is 4.74 Å². The molecule has 0 aliphatic rings. The van der Waals surface area contributed by atoms with Crippen LogP contribution < -0.4 is 16.0 Å². The molecule has 0 radical (unpaired) electrons. The molecule has 1 aromatic rings. The van der Waals surface area contributed by atoms with Crippen LogP contribution in [-0.2, 0) is 16.1 Å². The third-order valence-electron chi connectivity index (χ3n) is 2.69. The summed E-state index contributed by atoms with van der Waals surface area (Å²) in [6.45, 7) is 9.82. The molecular weight excluding hydrogens is 294 g/mol. The normalized spacial score (nSPS) is 11.0. The van der Waals surface area contributed by atoms with E-state index in [9.17, 15) is 9.59 Å². The predicted octanol–water partition coefficient (Wildman–Crippen LogP) is 2.65. The van der Waals surface area contributed by atoms with Gasteiger partial charge in [-0.25, -0.2) is 4.79 Å². The standard InChI is InChI=1S/C17H27N3O3/c1-12(2)19-14-8-6-13(7-9-14)11-23-16(22)18-10-15(21)20-17(3,4)5/h6-9,12,19H,10-11H2,1-5H3,(H,18,22)(H,20,21). The van der Waals surface area contributed by atoms with Gasteiger partial charge in [-0.1, -0.05) is 12.1 Å². The van der Waals surface area contributed by atoms with E-state index in [2.05, 4.69) is 29.8 Å². The topological polar surface area (TPSA) is 79.5 Å². The Labute approximate surface area is 138 Å². The molecule has 0 spiro atoms. The van der Waals surface area contributed by atoms with E-state index in [0.29, 0.717) is 6.04 Å². The molecule has 6 heteroatoms. The smallest absolute Gasteiger partial charge is 0.407 e. The van der Waals surface area contributed by atoms with Gasteiger partial charge in [0.1, 0.15) is 13.2 Å². The Kier molecular flexibility index (Phi) is 6.88. The Hall–Kier alpha value is -2.24. The lowest BCUT2D eigenvalue weighted by Crippen LogP contribution is -2.45. The molecule has 2 amide bonds. The van der Waals surface area contributed by atoms with Crippen LogP contribution in [0.4, 0.5) is 10.5 Å². The van der Waals surface area contributed by atoms with Gasteiger partial charge in [-0.2, -0.15) is 0 Å². The third-order valence-corrected chi connectivity index (χ3v) is 2.69. The van der Waals surface area contributed by atoms with E-state index in [1.54, 1.807) is 0 Å². The van der Waals surface area contributed by atoms with Crippen molar-refractivity contribution in [2.75, 3.05) is 11.9 Å². The number of anilines is 1. The van der Waals surface area contributed by atoms with Crippen molar-refractivity contribution in [1.82, 2.24) is 10.6 Å². The zero-order valence-electron chi connectivity index (χ0n) is 14.5. The lowest BCUT2D eigenvalue weighted by Gasteiger charge is -2.20. The molecule has 0 atom stereocenters. The number of alkyl carbamates (subject to hydrolysis) is 1. The molecule has 0 bridgehead atoms. The summed E-state index contributed by atoms with van der Waals surface area (Å²) in [5.41, 5.74) is 1.58. The lowest BCUT2D eigenvalue weighted by atomic mass is 10.1. The molecule has 0 aliphatic heterocycles. The Morgan fingerprint density at radius 1 is 1.13 bits per heavy atom. The molecule has 1 aromatic carbocycles. The summed E-state index contributed by atoms with van der Waals surface area (Å²) in [5.74, 6) is -0.251. The Bertz CT molecular complexity index is 519. The fourth-order valence-corrected chi connectivity index (χ4v) is 1.85. The summed E-state index contributed by atoms with van der Waals surface area (Å²) in [5, 5.41) is 8.46. The van der Waals surface area contributed by atoms with E-state index >= 15 is 0 Å². The van der Waals surface area contributed by atoms with Crippen molar-refractivity contribution in [2.45, 2.75) is 52.8 Å². The molecule has 0 fully saturated rings. The van der Waals surface area contributed by atoms with Crippen molar-refractivity contribution < 1.29 is 14.3 Å². The van der Waals surface area contributed by atoms with Crippen LogP contribution in [0.1, 0.15) is 40.2 Å². The molecule has 128 valence electrons. The minimum Gasteiger partial charge on any atom is -0.445 e. The van der Waals surface area contributed by atoms with Crippen molar-refractivity contribution in [3.63, 3.8) is 0 Å². The molecule has 1 rings (SSSR count). The highest BCUT2D eigenvalue weighted by Crippen LogP contribution is 2.11. The number of carbonyl (C=O) groups excluding carboxylic acids is 2. The van der Waals surface area contributed by atoms with Crippen molar-refractivity contribution in [3.05, 3.63) is 29.8 Å². The van der Waals surface area contributed by atoms with Gasteiger partial charge in [0, 0.05) is 17.3 Å². The molecule has 0 heterocycles. The monoisotopic (exact) mass is 321 g/mol. The molecule has 23 heavy (non-hydrogen) atoms. The maximum Gasteiger partial charge on any atom is 0.407 e. The van der Waals surface area contributed by atoms with Crippen LogP contribution in [0.2, 0.25) is 0 Å². The van der Waals surface area contributed by atoms with E-state index in [0.717, 1.165) is 11.3 Å². The zero-order chi connectivity index (χ0) is 17.5. The highest BCUT2D eigenvalue weighted by atomic mass is 16.5. The number of amides is 2. The van der Waals surface area contributed by atoms with E-state index in [1.165, 1.54) is 0 Å². The first-order valence-corrected chi connectivity index (χ1v) is 7.73. The summed E-state index contributed by atoms with van der Waals surface area (Å²) in [6.07, 6.45) is -0.613. The van der Waals surface area contributed by atoms with Crippen LogP contribution in [0.25, 0.3) is 0 Å². The number of hydrogen-bond donors (Lipinski definition) is 3. The quantitative estimate of drug-likeness (QED) is 0.752. The Morgan fingerprint density at radius 3 is 2.26 bits per heavy atom. The highest BCUT2D eigenvalue weighted by Gasteiger charge is 2.14. The van der Waals surface area contributed by atoms with Gasteiger partial charge in [-0.15, -0.1) is 0 Å². The molecule has 3 N–H and O–H groups in total. The second-order valence-corrected chi connectivity index (χ2v) is 6.72. The van der Waals surface area contributed by atoms with Gasteiger partial charge in [0.05, 0.1) is 0 Å². The van der Waals surface area contributed by atoms with Gasteiger partial charge >= 0.3 is 6.09 Å². The summed E-state index contributed by atoms with van der Waals surface area (Å²) < 4.78 is 5.08. The Morgan fingerprint density at radius 2 is 1.74 bits per heavy atom. The first-order chi connectivity index (χ1) is 10.7. The van der Waals surface area contributed by atoms with Crippen LogP contribution in [0.5, 0.6) is 0 Å². The molecule has 0 saturated carbocycles. The molecule has 0 saturated heterocycles. The van der Waals surface area contributed by atoms with Crippen molar-refractivity contribution in [2.24, 2.45) is 0 Å². The second-order valence-electron chi connectivity index (χ2n) is 6.72. The van der Waals surface area contributed by atoms with Gasteiger partial charge in [0.15, 0.2) is 0 Å². The van der Waals surface area contributed by atoms with Crippen LogP contribution in [0.15, 0.2) is 24.3 Å². The number of benzene rings is 1. The summed E-state index contributed by atoms with van der Waals surface area (Å²) in [7, 11) is 0. The minimum absolute atomic E-state index is 0.104. The average molecular weight is 321 g/mol. The van der Waals surface area contributed by atoms with E-state index in [-0.39, 0.29) is 24.6 Å². The largest absolute Gasteiger partial charge is 0.445 e. The third kappa shape index (κ3) is 8.70. The van der Waals surface area contributed by atoms with Gasteiger partial charge in [-0.3, -0.25) is 4.79 Å². The van der Waals surface area contributed by atoms with E-state index in [1.807, 2.05) is 45.0 Å². The number of nitrogens with one attached hydrogen (secondary N) is 3. The maximum absolute atomic E-state index is 11.6. The van der Waals surface area contributed by atoms with Gasteiger partial charge in [0.25, 0.3) is 0 Å². The lowest BCUT2D eigenvalue weighted by molar-refractivity contribution is -0.121. The molecule has 6 nitrogen and oxygen atoms in total. The maximum atomic E-state index is 11.6. The van der Waals surface area contributed by atoms with Gasteiger partial charge in [-0.05, 0) is 52.3 Å². The number of carbonyl (C=O) groups is 2. The van der Waals surface area contributed by atoms with Crippen LogP contribution in [-0.4, -0.2) is 30.1 Å². The van der Waals surface area contributed by atoms with Crippen LogP contribution >= 0.6 is 0 Å². The van der Waals surface area contributed by atoms with Crippen molar-refractivity contribution in [3.8, 4) is 0 Å². The molecular formula is C17H27N3O3. The van der Waals surface area contributed by atoms with Crippen molar-refractivity contribution in [1.29, 1.82) is 0 Å². The SMILES string of the molecule is CC(C)Nc1ccc(COC(=O)NCC(=O)NC(C)(C)C)cc1. The van der Waals surface area contributed by atoms with Crippen molar-refractivity contribution >= 4 is 17.7 Å². The summed E-state index contributed by atoms with van der Waals surface area (Å²) >= 11 is 0.